The van der Waals surface area contributed by atoms with Crippen molar-refractivity contribution >= 4 is 11.9 Å². The van der Waals surface area contributed by atoms with Gasteiger partial charge in [-0.15, -0.1) is 0 Å². The van der Waals surface area contributed by atoms with E-state index in [1.807, 2.05) is 0 Å². The molecule has 0 unspecified atom stereocenters. The summed E-state index contributed by atoms with van der Waals surface area (Å²) in [7, 11) is 3.98. The van der Waals surface area contributed by atoms with E-state index in [0.29, 0.717) is 11.3 Å². The Morgan fingerprint density at radius 1 is 0.933 bits per heavy atom. The molecule has 1 N–H and O–H groups in total. The quantitative estimate of drug-likeness (QED) is 0.585. The molecule has 162 valence electrons. The van der Waals surface area contributed by atoms with Crippen molar-refractivity contribution < 1.29 is 42.1 Å². The first kappa shape index (κ1) is 22.7. The molecule has 0 radical (unpaired) electrons. The van der Waals surface area contributed by atoms with E-state index in [4.69, 9.17) is 14.2 Å². The van der Waals surface area contributed by atoms with Crippen molar-refractivity contribution in [1.82, 2.24) is 5.32 Å². The van der Waals surface area contributed by atoms with E-state index in [9.17, 15) is 18.4 Å². The summed E-state index contributed by atoms with van der Waals surface area (Å²) in [6.07, 6.45) is 0. The normalized spacial score (nSPS) is 10.3. The van der Waals surface area contributed by atoms with E-state index < -0.39 is 18.5 Å². The number of esters is 1. The second kappa shape index (κ2) is 10.8. The van der Waals surface area contributed by atoms with Gasteiger partial charge in [-0.2, -0.15) is 8.78 Å². The Kier molecular flexibility index (Phi) is 8.21. The number of halogens is 2. The number of ether oxygens (including phenoxy) is 5. The summed E-state index contributed by atoms with van der Waals surface area (Å²) in [5.74, 6) is -0.455. The third kappa shape index (κ3) is 6.23. The van der Waals surface area contributed by atoms with Gasteiger partial charge in [-0.25, -0.2) is 4.79 Å². The third-order valence-corrected chi connectivity index (χ3v) is 3.90. The van der Waals surface area contributed by atoms with Crippen molar-refractivity contribution in [2.24, 2.45) is 0 Å². The highest BCUT2D eigenvalue weighted by Crippen LogP contribution is 2.30. The number of methoxy groups -OCH3 is 3. The van der Waals surface area contributed by atoms with Gasteiger partial charge in [0, 0.05) is 12.1 Å². The summed E-state index contributed by atoms with van der Waals surface area (Å²) < 4.78 is 49.2. The van der Waals surface area contributed by atoms with Crippen molar-refractivity contribution in [3.8, 4) is 23.0 Å². The van der Waals surface area contributed by atoms with Crippen LogP contribution in [0.25, 0.3) is 0 Å². The fraction of sp³-hybridized carbons (Fsp3) is 0.300. The molecule has 0 fully saturated rings. The van der Waals surface area contributed by atoms with Crippen LogP contribution >= 0.6 is 0 Å². The van der Waals surface area contributed by atoms with Crippen LogP contribution in [-0.2, 0) is 16.1 Å². The number of amides is 1. The smallest absolute Gasteiger partial charge is 0.387 e. The highest BCUT2D eigenvalue weighted by molar-refractivity contribution is 5.94. The average Bonchev–Trinajstić information content (AvgIpc) is 2.75. The summed E-state index contributed by atoms with van der Waals surface area (Å²) in [6, 6.07) is 8.83. The van der Waals surface area contributed by atoms with Gasteiger partial charge in [0.25, 0.3) is 5.91 Å². The summed E-state index contributed by atoms with van der Waals surface area (Å²) in [4.78, 5) is 23.7. The van der Waals surface area contributed by atoms with Gasteiger partial charge >= 0.3 is 12.6 Å². The molecule has 0 aliphatic carbocycles. The molecule has 0 bridgehead atoms. The van der Waals surface area contributed by atoms with Gasteiger partial charge in [0.15, 0.2) is 29.6 Å². The maximum absolute atomic E-state index is 12.5. The predicted octanol–water partition coefficient (Wildman–Crippen LogP) is 2.79. The van der Waals surface area contributed by atoms with Gasteiger partial charge in [-0.1, -0.05) is 6.07 Å². The zero-order valence-electron chi connectivity index (χ0n) is 16.6. The first-order valence-electron chi connectivity index (χ1n) is 8.65. The van der Waals surface area contributed by atoms with Gasteiger partial charge in [0.2, 0.25) is 0 Å². The first-order chi connectivity index (χ1) is 14.4. The van der Waals surface area contributed by atoms with Gasteiger partial charge in [-0.3, -0.25) is 4.79 Å². The lowest BCUT2D eigenvalue weighted by atomic mass is 10.1. The standard InChI is InChI=1S/C20H21F2NO7/c1-26-14-7-5-13(9-17(14)29-11-18(24)28-3)19(25)23-10-12-4-6-15(30-20(21)22)16(8-12)27-2/h4-9,20H,10-11H2,1-3H3,(H,23,25). The molecule has 0 atom stereocenters. The highest BCUT2D eigenvalue weighted by Gasteiger charge is 2.14. The lowest BCUT2D eigenvalue weighted by molar-refractivity contribution is -0.142. The summed E-state index contributed by atoms with van der Waals surface area (Å²) in [6.45, 7) is -3.21. The molecule has 0 aliphatic rings. The zero-order chi connectivity index (χ0) is 22.1. The van der Waals surface area contributed by atoms with Crippen LogP contribution in [0, 0.1) is 0 Å². The molecule has 8 nitrogen and oxygen atoms in total. The van der Waals surface area contributed by atoms with Crippen molar-refractivity contribution in [2.75, 3.05) is 27.9 Å². The van der Waals surface area contributed by atoms with Crippen LogP contribution in [0.1, 0.15) is 15.9 Å². The molecule has 2 aromatic carbocycles. The number of carbonyl (C=O) groups excluding carboxylic acids is 2. The van der Waals surface area contributed by atoms with Gasteiger partial charge < -0.3 is 29.0 Å². The van der Waals surface area contributed by atoms with Crippen LogP contribution in [0.4, 0.5) is 8.78 Å². The minimum absolute atomic E-state index is 0.106. The molecule has 1 amide bonds. The summed E-state index contributed by atoms with van der Waals surface area (Å²) in [5, 5.41) is 2.70. The molecule has 0 aliphatic heterocycles. The maximum Gasteiger partial charge on any atom is 0.387 e. The van der Waals surface area contributed by atoms with E-state index in [1.165, 1.54) is 57.7 Å². The minimum atomic E-state index is -2.98. The monoisotopic (exact) mass is 425 g/mol. The second-order valence-corrected chi connectivity index (χ2v) is 5.78. The Morgan fingerprint density at radius 2 is 1.63 bits per heavy atom. The van der Waals surface area contributed by atoms with E-state index >= 15 is 0 Å². The molecule has 2 aromatic rings. The molecule has 0 heterocycles. The molecule has 0 saturated carbocycles. The fourth-order valence-corrected chi connectivity index (χ4v) is 2.43. The van der Waals surface area contributed by atoms with Crippen molar-refractivity contribution in [3.05, 3.63) is 47.5 Å². The molecule has 2 rings (SSSR count). The van der Waals surface area contributed by atoms with E-state index in [2.05, 4.69) is 14.8 Å². The largest absolute Gasteiger partial charge is 0.493 e. The van der Waals surface area contributed by atoms with Crippen LogP contribution in [0.2, 0.25) is 0 Å². The Bertz CT molecular complexity index is 889. The Morgan fingerprint density at radius 3 is 2.27 bits per heavy atom. The van der Waals surface area contributed by atoms with Crippen LogP contribution in [0.3, 0.4) is 0 Å². The van der Waals surface area contributed by atoms with Crippen LogP contribution in [-0.4, -0.2) is 46.4 Å². The number of hydrogen-bond acceptors (Lipinski definition) is 7. The molecule has 0 aromatic heterocycles. The Labute approximate surface area is 171 Å². The lowest BCUT2D eigenvalue weighted by Crippen LogP contribution is -2.23. The third-order valence-electron chi connectivity index (χ3n) is 3.90. The van der Waals surface area contributed by atoms with Gasteiger partial charge in [0.1, 0.15) is 0 Å². The van der Waals surface area contributed by atoms with E-state index in [-0.39, 0.29) is 36.0 Å². The summed E-state index contributed by atoms with van der Waals surface area (Å²) >= 11 is 0. The minimum Gasteiger partial charge on any atom is -0.493 e. The van der Waals surface area contributed by atoms with E-state index in [0.717, 1.165) is 0 Å². The first-order valence-corrected chi connectivity index (χ1v) is 8.65. The van der Waals surface area contributed by atoms with Crippen molar-refractivity contribution in [3.63, 3.8) is 0 Å². The topological polar surface area (TPSA) is 92.3 Å². The maximum atomic E-state index is 12.5. The van der Waals surface area contributed by atoms with Crippen molar-refractivity contribution in [1.29, 1.82) is 0 Å². The number of alkyl halides is 2. The SMILES string of the molecule is COC(=O)COc1cc(C(=O)NCc2ccc(OC(F)F)c(OC)c2)ccc1OC. The van der Waals surface area contributed by atoms with Crippen LogP contribution < -0.4 is 24.3 Å². The van der Waals surface area contributed by atoms with Crippen molar-refractivity contribution in [2.45, 2.75) is 13.2 Å². The average molecular weight is 425 g/mol. The second-order valence-electron chi connectivity index (χ2n) is 5.78. The van der Waals surface area contributed by atoms with Crippen LogP contribution in [0.15, 0.2) is 36.4 Å². The number of rotatable bonds is 10. The number of carbonyl (C=O) groups is 2. The van der Waals surface area contributed by atoms with E-state index in [1.54, 1.807) is 0 Å². The number of nitrogens with one attached hydrogen (secondary N) is 1. The zero-order valence-corrected chi connectivity index (χ0v) is 16.6. The molecule has 10 heteroatoms. The van der Waals surface area contributed by atoms with Crippen LogP contribution in [0.5, 0.6) is 23.0 Å². The Balaban J connectivity index is 2.08. The lowest BCUT2D eigenvalue weighted by Gasteiger charge is -2.13. The molecule has 0 saturated heterocycles. The fourth-order valence-electron chi connectivity index (χ4n) is 2.43. The molecule has 0 spiro atoms. The highest BCUT2D eigenvalue weighted by atomic mass is 19.3. The summed E-state index contributed by atoms with van der Waals surface area (Å²) in [5.41, 5.74) is 0.873. The molecule has 30 heavy (non-hydrogen) atoms. The Hall–Kier alpha value is -3.56. The van der Waals surface area contributed by atoms with Gasteiger partial charge in [0.05, 0.1) is 21.3 Å². The molecular formula is C20H21F2NO7. The number of benzene rings is 2. The molecular weight excluding hydrogens is 404 g/mol. The van der Waals surface area contributed by atoms with Gasteiger partial charge in [-0.05, 0) is 35.9 Å². The predicted molar refractivity (Wildman–Crippen MR) is 101 cm³/mol. The number of hydrogen-bond donors (Lipinski definition) is 1.